The van der Waals surface area contributed by atoms with Crippen molar-refractivity contribution in [2.75, 3.05) is 23.3 Å². The van der Waals surface area contributed by atoms with E-state index in [0.717, 1.165) is 41.5 Å². The molecule has 5 nitrogen and oxygen atoms in total. The quantitative estimate of drug-likeness (QED) is 0.669. The lowest BCUT2D eigenvalue weighted by molar-refractivity contribution is 0.469. The van der Waals surface area contributed by atoms with E-state index < -0.39 is 0 Å². The minimum Gasteiger partial charge on any atom is -0.508 e. The summed E-state index contributed by atoms with van der Waals surface area (Å²) in [7, 11) is 1.99. The highest BCUT2D eigenvalue weighted by molar-refractivity contribution is 5.61. The van der Waals surface area contributed by atoms with Gasteiger partial charge in [-0.3, -0.25) is 0 Å². The number of anilines is 2. The molecule has 0 aliphatic heterocycles. The van der Waals surface area contributed by atoms with Crippen molar-refractivity contribution in [3.8, 4) is 17.0 Å². The van der Waals surface area contributed by atoms with Crippen molar-refractivity contribution in [2.45, 2.75) is 20.4 Å². The number of nitrogens with one attached hydrogen (secondary N) is 1. The second-order valence-corrected chi connectivity index (χ2v) is 6.23. The van der Waals surface area contributed by atoms with Gasteiger partial charge in [-0.2, -0.15) is 0 Å². The Morgan fingerprint density at radius 2 is 1.81 bits per heavy atom. The van der Waals surface area contributed by atoms with Crippen molar-refractivity contribution in [3.63, 3.8) is 0 Å². The summed E-state index contributed by atoms with van der Waals surface area (Å²) in [6.07, 6.45) is 1.86. The van der Waals surface area contributed by atoms with Crippen LogP contribution in [0.25, 0.3) is 11.3 Å². The number of hydrogen-bond donors (Lipinski definition) is 2. The first-order valence-corrected chi connectivity index (χ1v) is 9.01. The predicted molar refractivity (Wildman–Crippen MR) is 108 cm³/mol. The topological polar surface area (TPSA) is 53.3 Å². The van der Waals surface area contributed by atoms with E-state index in [9.17, 15) is 5.11 Å². The first kappa shape index (κ1) is 17.9. The third-order valence-electron chi connectivity index (χ3n) is 4.69. The molecule has 0 unspecified atom stereocenters. The van der Waals surface area contributed by atoms with E-state index in [0.29, 0.717) is 12.3 Å². The summed E-state index contributed by atoms with van der Waals surface area (Å²) in [6.45, 7) is 6.58. The molecule has 0 atom stereocenters. The van der Waals surface area contributed by atoms with Crippen LogP contribution in [0, 0.1) is 0 Å². The van der Waals surface area contributed by atoms with Gasteiger partial charge in [-0.15, -0.1) is 0 Å². The molecule has 0 fully saturated rings. The number of rotatable bonds is 7. The van der Waals surface area contributed by atoms with Gasteiger partial charge in [0.2, 0.25) is 5.95 Å². The Morgan fingerprint density at radius 1 is 1.08 bits per heavy atom. The highest BCUT2D eigenvalue weighted by atomic mass is 16.3. The van der Waals surface area contributed by atoms with E-state index in [1.807, 2.05) is 48.1 Å². The van der Waals surface area contributed by atoms with Crippen LogP contribution >= 0.6 is 0 Å². The van der Waals surface area contributed by atoms with Crippen molar-refractivity contribution in [3.05, 3.63) is 60.3 Å². The maximum atomic E-state index is 10.4. The van der Waals surface area contributed by atoms with E-state index in [2.05, 4.69) is 47.2 Å². The summed E-state index contributed by atoms with van der Waals surface area (Å²) < 4.78 is 2.02. The van der Waals surface area contributed by atoms with Crippen molar-refractivity contribution in [1.29, 1.82) is 0 Å². The first-order chi connectivity index (χ1) is 12.6. The normalized spacial score (nSPS) is 10.7. The van der Waals surface area contributed by atoms with E-state index in [4.69, 9.17) is 0 Å². The third-order valence-corrected chi connectivity index (χ3v) is 4.69. The monoisotopic (exact) mass is 350 g/mol. The Hall–Kier alpha value is -2.95. The molecule has 0 radical (unpaired) electrons. The second kappa shape index (κ2) is 7.95. The summed E-state index contributed by atoms with van der Waals surface area (Å²) in [6, 6.07) is 16.0. The number of nitrogens with zero attached hydrogens (tertiary/aromatic N) is 3. The molecule has 0 aliphatic rings. The number of imidazole rings is 1. The van der Waals surface area contributed by atoms with E-state index in [1.165, 1.54) is 0 Å². The van der Waals surface area contributed by atoms with Gasteiger partial charge in [-0.25, -0.2) is 4.98 Å². The maximum absolute atomic E-state index is 10.4. The van der Waals surface area contributed by atoms with Crippen molar-refractivity contribution >= 4 is 11.6 Å². The highest BCUT2D eigenvalue weighted by Crippen LogP contribution is 2.26. The lowest BCUT2D eigenvalue weighted by Gasteiger charge is -2.21. The van der Waals surface area contributed by atoms with Crippen LogP contribution in [-0.4, -0.2) is 27.7 Å². The zero-order valence-corrected chi connectivity index (χ0v) is 15.6. The number of phenols is 1. The Labute approximate surface area is 154 Å². The van der Waals surface area contributed by atoms with E-state index in [-0.39, 0.29) is 0 Å². The van der Waals surface area contributed by atoms with Crippen LogP contribution in [0.15, 0.2) is 54.7 Å². The van der Waals surface area contributed by atoms with Gasteiger partial charge >= 0.3 is 0 Å². The van der Waals surface area contributed by atoms with Crippen LogP contribution < -0.4 is 10.2 Å². The van der Waals surface area contributed by atoms with E-state index in [1.54, 1.807) is 0 Å². The molecule has 1 aromatic heterocycles. The fraction of sp³-hybridized carbons (Fsp3) is 0.286. The highest BCUT2D eigenvalue weighted by Gasteiger charge is 2.10. The first-order valence-electron chi connectivity index (χ1n) is 9.01. The fourth-order valence-electron chi connectivity index (χ4n) is 3.11. The Morgan fingerprint density at radius 3 is 2.46 bits per heavy atom. The molecular formula is C21H26N4O. The van der Waals surface area contributed by atoms with Crippen molar-refractivity contribution < 1.29 is 5.11 Å². The van der Waals surface area contributed by atoms with Gasteiger partial charge < -0.3 is 19.9 Å². The summed E-state index contributed by atoms with van der Waals surface area (Å²) in [5.41, 5.74) is 4.07. The molecule has 3 aromatic rings. The van der Waals surface area contributed by atoms with Gasteiger partial charge in [0.15, 0.2) is 0 Å². The second-order valence-electron chi connectivity index (χ2n) is 6.23. The number of aromatic nitrogens is 2. The van der Waals surface area contributed by atoms with Crippen molar-refractivity contribution in [1.82, 2.24) is 9.55 Å². The largest absolute Gasteiger partial charge is 0.508 e. The summed E-state index contributed by atoms with van der Waals surface area (Å²) in [5.74, 6) is 1.08. The zero-order chi connectivity index (χ0) is 18.5. The molecule has 0 aliphatic carbocycles. The predicted octanol–water partition coefficient (Wildman–Crippen LogP) is 4.25. The van der Waals surface area contributed by atoms with Crippen LogP contribution in [0.4, 0.5) is 11.6 Å². The Bertz CT molecular complexity index is 854. The molecule has 5 heteroatoms. The molecule has 0 saturated carbocycles. The molecule has 0 bridgehead atoms. The van der Waals surface area contributed by atoms with Crippen LogP contribution in [-0.2, 0) is 13.6 Å². The Balaban J connectivity index is 1.73. The van der Waals surface area contributed by atoms with Crippen LogP contribution in [0.3, 0.4) is 0 Å². The number of hydrogen-bond acceptors (Lipinski definition) is 4. The zero-order valence-electron chi connectivity index (χ0n) is 15.6. The fourth-order valence-corrected chi connectivity index (χ4v) is 3.11. The lowest BCUT2D eigenvalue weighted by atomic mass is 10.1. The number of benzene rings is 2. The molecule has 0 saturated heterocycles. The SMILES string of the molecule is CCN(CC)c1ccc(CNc2ncc(-c3ccccc3)n2C)c(O)c1. The van der Waals surface area contributed by atoms with E-state index >= 15 is 0 Å². The van der Waals surface area contributed by atoms with Gasteiger partial charge in [0.1, 0.15) is 5.75 Å². The minimum absolute atomic E-state index is 0.305. The number of aromatic hydroxyl groups is 1. The van der Waals surface area contributed by atoms with Crippen LogP contribution in [0.2, 0.25) is 0 Å². The smallest absolute Gasteiger partial charge is 0.203 e. The summed E-state index contributed by atoms with van der Waals surface area (Å²) in [4.78, 5) is 6.68. The molecule has 2 aromatic carbocycles. The van der Waals surface area contributed by atoms with Crippen LogP contribution in [0.5, 0.6) is 5.75 Å². The van der Waals surface area contributed by atoms with Gasteiger partial charge in [-0.05, 0) is 25.5 Å². The molecule has 0 amide bonds. The summed E-state index contributed by atoms with van der Waals surface area (Å²) in [5, 5.41) is 13.7. The average Bonchev–Trinajstić information content (AvgIpc) is 3.03. The molecule has 0 spiro atoms. The van der Waals surface area contributed by atoms with Crippen molar-refractivity contribution in [2.24, 2.45) is 7.05 Å². The third kappa shape index (κ3) is 3.67. The minimum atomic E-state index is 0.305. The molecule has 2 N–H and O–H groups in total. The number of phenolic OH excluding ortho intramolecular Hbond substituents is 1. The molecule has 136 valence electrons. The molecule has 3 rings (SSSR count). The lowest BCUT2D eigenvalue weighted by Crippen LogP contribution is -2.21. The van der Waals surface area contributed by atoms with Gasteiger partial charge in [-0.1, -0.05) is 36.4 Å². The molecular weight excluding hydrogens is 324 g/mol. The maximum Gasteiger partial charge on any atom is 0.203 e. The standard InChI is InChI=1S/C21H26N4O/c1-4-25(5-2)18-12-11-17(20(26)13-18)14-22-21-23-15-19(24(21)3)16-9-7-6-8-10-16/h6-13,15,26H,4-5,14H2,1-3H3,(H,22,23). The Kier molecular flexibility index (Phi) is 5.46. The van der Waals surface area contributed by atoms with Gasteiger partial charge in [0.05, 0.1) is 11.9 Å². The van der Waals surface area contributed by atoms with Gasteiger partial charge in [0, 0.05) is 44.0 Å². The van der Waals surface area contributed by atoms with Crippen LogP contribution in [0.1, 0.15) is 19.4 Å². The molecule has 1 heterocycles. The molecule has 26 heavy (non-hydrogen) atoms. The summed E-state index contributed by atoms with van der Waals surface area (Å²) >= 11 is 0. The van der Waals surface area contributed by atoms with Gasteiger partial charge in [0.25, 0.3) is 0 Å². The average molecular weight is 350 g/mol.